The number of hydrogen-bond donors (Lipinski definition) is 0. The topological polar surface area (TPSA) is 17.1 Å². The average Bonchev–Trinajstić information content (AvgIpc) is 2.26. The van der Waals surface area contributed by atoms with Crippen LogP contribution in [0.2, 0.25) is 0 Å². The molecule has 0 N–H and O–H groups in total. The summed E-state index contributed by atoms with van der Waals surface area (Å²) in [4.78, 5) is 12.0. The van der Waals surface area contributed by atoms with Gasteiger partial charge in [0.1, 0.15) is 11.6 Å². The fourth-order valence-corrected chi connectivity index (χ4v) is 1.68. The van der Waals surface area contributed by atoms with E-state index in [1.807, 2.05) is 13.8 Å². The lowest BCUT2D eigenvalue weighted by molar-refractivity contribution is -0.123. The Labute approximate surface area is 96.7 Å². The van der Waals surface area contributed by atoms with Crippen molar-refractivity contribution < 1.29 is 9.18 Å². The first kappa shape index (κ1) is 12.9. The Bertz CT molecular complexity index is 352. The van der Waals surface area contributed by atoms with Gasteiger partial charge in [0.05, 0.1) is 0 Å². The van der Waals surface area contributed by atoms with Crippen molar-refractivity contribution in [2.45, 2.75) is 45.4 Å². The zero-order valence-corrected chi connectivity index (χ0v) is 10.2. The molecule has 0 amide bonds. The van der Waals surface area contributed by atoms with Gasteiger partial charge in [0.15, 0.2) is 0 Å². The van der Waals surface area contributed by atoms with E-state index in [1.54, 1.807) is 12.1 Å². The molecule has 88 valence electrons. The van der Waals surface area contributed by atoms with Gasteiger partial charge in [-0.25, -0.2) is 4.39 Å². The molecule has 1 aromatic rings. The van der Waals surface area contributed by atoms with Gasteiger partial charge in [0, 0.05) is 11.8 Å². The lowest BCUT2D eigenvalue weighted by atomic mass is 9.79. The van der Waals surface area contributed by atoms with Crippen LogP contribution in [0.5, 0.6) is 0 Å². The van der Waals surface area contributed by atoms with Gasteiger partial charge in [-0.05, 0) is 38.0 Å². The van der Waals surface area contributed by atoms with Gasteiger partial charge in [-0.2, -0.15) is 0 Å². The van der Waals surface area contributed by atoms with Crippen molar-refractivity contribution in [1.29, 1.82) is 0 Å². The number of halogens is 1. The zero-order valence-electron chi connectivity index (χ0n) is 10.2. The molecule has 0 radical (unpaired) electrons. The van der Waals surface area contributed by atoms with Gasteiger partial charge in [0.25, 0.3) is 0 Å². The van der Waals surface area contributed by atoms with Crippen LogP contribution in [0, 0.1) is 5.82 Å². The Kier molecular flexibility index (Phi) is 4.22. The highest BCUT2D eigenvalue weighted by atomic mass is 19.1. The van der Waals surface area contributed by atoms with Gasteiger partial charge in [-0.3, -0.25) is 4.79 Å². The summed E-state index contributed by atoms with van der Waals surface area (Å²) in [7, 11) is 0. The number of hydrogen-bond acceptors (Lipinski definition) is 1. The van der Waals surface area contributed by atoms with Crippen molar-refractivity contribution >= 4 is 5.78 Å². The summed E-state index contributed by atoms with van der Waals surface area (Å²) < 4.78 is 12.8. The lowest BCUT2D eigenvalue weighted by Crippen LogP contribution is -2.28. The highest BCUT2D eigenvalue weighted by Crippen LogP contribution is 2.26. The number of ketones is 1. The number of Topliss-reactive ketones (excluding diaryl/α,β-unsaturated/α-hetero) is 1. The summed E-state index contributed by atoms with van der Waals surface area (Å²) in [6.07, 6.45) is 2.54. The molecule has 0 aliphatic rings. The monoisotopic (exact) mass is 222 g/mol. The molecule has 0 spiro atoms. The molecule has 0 aliphatic heterocycles. The van der Waals surface area contributed by atoms with Crippen LogP contribution in [0.1, 0.15) is 45.6 Å². The first-order valence-electron chi connectivity index (χ1n) is 5.78. The van der Waals surface area contributed by atoms with Crippen LogP contribution in [0.4, 0.5) is 4.39 Å². The van der Waals surface area contributed by atoms with Crippen LogP contribution >= 0.6 is 0 Å². The van der Waals surface area contributed by atoms with Crippen molar-refractivity contribution in [3.8, 4) is 0 Å². The molecule has 0 aromatic heterocycles. The summed E-state index contributed by atoms with van der Waals surface area (Å²) in [5.41, 5.74) is 0.373. The highest BCUT2D eigenvalue weighted by Gasteiger charge is 2.28. The second kappa shape index (κ2) is 5.24. The maximum atomic E-state index is 12.8. The van der Waals surface area contributed by atoms with E-state index >= 15 is 0 Å². The minimum Gasteiger partial charge on any atom is -0.299 e. The van der Waals surface area contributed by atoms with Gasteiger partial charge in [-0.1, -0.05) is 25.5 Å². The number of carbonyl (C=O) groups is 1. The first-order valence-corrected chi connectivity index (χ1v) is 5.78. The molecule has 2 heteroatoms. The fraction of sp³-hybridized carbons (Fsp3) is 0.500. The Hall–Kier alpha value is -1.18. The quantitative estimate of drug-likeness (QED) is 0.739. The molecule has 1 aromatic carbocycles. The maximum absolute atomic E-state index is 12.8. The van der Waals surface area contributed by atoms with Crippen molar-refractivity contribution in [3.63, 3.8) is 0 Å². The minimum atomic E-state index is -0.511. The fourth-order valence-electron chi connectivity index (χ4n) is 1.68. The normalized spacial score (nSPS) is 11.5. The molecular formula is C14H19FO. The van der Waals surface area contributed by atoms with E-state index < -0.39 is 5.41 Å². The van der Waals surface area contributed by atoms with Crippen molar-refractivity contribution in [1.82, 2.24) is 0 Å². The van der Waals surface area contributed by atoms with Crippen molar-refractivity contribution in [3.05, 3.63) is 35.6 Å². The smallest absolute Gasteiger partial charge is 0.142 e. The molecule has 1 nitrogen and oxygen atoms in total. The predicted molar refractivity (Wildman–Crippen MR) is 64.0 cm³/mol. The standard InChI is InChI=1S/C14H19FO/c1-4-5-6-13(16)14(2,3)11-7-9-12(15)10-8-11/h7-10H,4-6H2,1-3H3. The second-order valence-corrected chi connectivity index (χ2v) is 4.66. The molecular weight excluding hydrogens is 203 g/mol. The number of carbonyl (C=O) groups excluding carboxylic acids is 1. The van der Waals surface area contributed by atoms with Crippen molar-refractivity contribution in [2.24, 2.45) is 0 Å². The van der Waals surface area contributed by atoms with E-state index in [1.165, 1.54) is 12.1 Å². The Morgan fingerprint density at radius 1 is 1.25 bits per heavy atom. The number of rotatable bonds is 5. The molecule has 0 unspecified atom stereocenters. The van der Waals surface area contributed by atoms with Crippen molar-refractivity contribution in [2.75, 3.05) is 0 Å². The summed E-state index contributed by atoms with van der Waals surface area (Å²) in [5.74, 6) is -0.0403. The molecule has 0 aliphatic carbocycles. The van der Waals surface area contributed by atoms with E-state index in [9.17, 15) is 9.18 Å². The third-order valence-electron chi connectivity index (χ3n) is 3.02. The van der Waals surface area contributed by atoms with E-state index in [0.29, 0.717) is 6.42 Å². The number of benzene rings is 1. The third kappa shape index (κ3) is 2.91. The zero-order chi connectivity index (χ0) is 12.2. The first-order chi connectivity index (χ1) is 7.48. The SMILES string of the molecule is CCCCC(=O)C(C)(C)c1ccc(F)cc1. The molecule has 0 atom stereocenters. The molecule has 0 bridgehead atoms. The average molecular weight is 222 g/mol. The lowest BCUT2D eigenvalue weighted by Gasteiger charge is -2.23. The largest absolute Gasteiger partial charge is 0.299 e. The van der Waals surface area contributed by atoms with Gasteiger partial charge >= 0.3 is 0 Å². The molecule has 1 rings (SSSR count). The Balaban J connectivity index is 2.83. The third-order valence-corrected chi connectivity index (χ3v) is 3.02. The number of unbranched alkanes of at least 4 members (excludes halogenated alkanes) is 1. The van der Waals surface area contributed by atoms with Gasteiger partial charge < -0.3 is 0 Å². The molecule has 0 fully saturated rings. The van der Waals surface area contributed by atoms with Gasteiger partial charge in [-0.15, -0.1) is 0 Å². The van der Waals surface area contributed by atoms with Gasteiger partial charge in [0.2, 0.25) is 0 Å². The minimum absolute atomic E-state index is 0.223. The highest BCUT2D eigenvalue weighted by molar-refractivity contribution is 5.89. The Morgan fingerprint density at radius 2 is 1.81 bits per heavy atom. The summed E-state index contributed by atoms with van der Waals surface area (Å²) in [6, 6.07) is 6.20. The maximum Gasteiger partial charge on any atom is 0.142 e. The summed E-state index contributed by atoms with van der Waals surface area (Å²) >= 11 is 0. The molecule has 0 heterocycles. The van der Waals surface area contributed by atoms with E-state index in [-0.39, 0.29) is 11.6 Å². The van der Waals surface area contributed by atoms with E-state index in [0.717, 1.165) is 18.4 Å². The van der Waals surface area contributed by atoms with E-state index in [2.05, 4.69) is 6.92 Å². The van der Waals surface area contributed by atoms with Crippen LogP contribution in [0.25, 0.3) is 0 Å². The van der Waals surface area contributed by atoms with Crippen LogP contribution < -0.4 is 0 Å². The van der Waals surface area contributed by atoms with E-state index in [4.69, 9.17) is 0 Å². The summed E-state index contributed by atoms with van der Waals surface area (Å²) in [6.45, 7) is 5.87. The van der Waals surface area contributed by atoms with Crippen LogP contribution in [0.15, 0.2) is 24.3 Å². The second-order valence-electron chi connectivity index (χ2n) is 4.66. The molecule has 16 heavy (non-hydrogen) atoms. The van der Waals surface area contributed by atoms with Crippen LogP contribution in [0.3, 0.4) is 0 Å². The summed E-state index contributed by atoms with van der Waals surface area (Å²) in [5, 5.41) is 0. The van der Waals surface area contributed by atoms with Crippen LogP contribution in [-0.2, 0) is 10.2 Å². The molecule has 0 saturated carbocycles. The van der Waals surface area contributed by atoms with Crippen LogP contribution in [-0.4, -0.2) is 5.78 Å². The Morgan fingerprint density at radius 3 is 2.31 bits per heavy atom. The predicted octanol–water partition coefficient (Wildman–Crippen LogP) is 3.86. The molecule has 0 saturated heterocycles.